The van der Waals surface area contributed by atoms with Gasteiger partial charge in [0.15, 0.2) is 14.6 Å². The quantitative estimate of drug-likeness (QED) is 0.382. The maximum absolute atomic E-state index is 13.0. The van der Waals surface area contributed by atoms with Crippen LogP contribution in [0.25, 0.3) is 11.0 Å². The Kier molecular flexibility index (Phi) is 5.44. The van der Waals surface area contributed by atoms with Gasteiger partial charge in [-0.25, -0.2) is 18.2 Å². The topological polar surface area (TPSA) is 137 Å². The van der Waals surface area contributed by atoms with E-state index < -0.39 is 25.9 Å². The predicted octanol–water partition coefficient (Wildman–Crippen LogP) is 0.696. The van der Waals surface area contributed by atoms with Crippen LogP contribution in [0.1, 0.15) is 34.6 Å². The zero-order valence-corrected chi connectivity index (χ0v) is 17.4. The van der Waals surface area contributed by atoms with Gasteiger partial charge in [0.05, 0.1) is 22.7 Å². The molecule has 1 heterocycles. The van der Waals surface area contributed by atoms with Crippen molar-refractivity contribution in [1.29, 1.82) is 0 Å². The molecule has 2 aromatic rings. The van der Waals surface area contributed by atoms with Gasteiger partial charge in [-0.05, 0) is 32.0 Å². The Morgan fingerprint density at radius 3 is 2.37 bits per heavy atom. The van der Waals surface area contributed by atoms with Crippen molar-refractivity contribution in [3.63, 3.8) is 0 Å². The van der Waals surface area contributed by atoms with Gasteiger partial charge in [-0.2, -0.15) is 8.75 Å². The minimum Gasteiger partial charge on any atom is -0.511 e. The Morgan fingerprint density at radius 1 is 1.19 bits per heavy atom. The van der Waals surface area contributed by atoms with E-state index in [-0.39, 0.29) is 16.5 Å². The van der Waals surface area contributed by atoms with E-state index in [0.717, 1.165) is 11.7 Å². The Morgan fingerprint density at radius 2 is 1.78 bits per heavy atom. The van der Waals surface area contributed by atoms with Crippen LogP contribution >= 0.6 is 11.7 Å². The van der Waals surface area contributed by atoms with Gasteiger partial charge in [-0.15, -0.1) is 0 Å². The Hall–Kier alpha value is -2.33. The van der Waals surface area contributed by atoms with Crippen LogP contribution < -0.4 is 10.7 Å². The third-order valence-corrected chi connectivity index (χ3v) is 7.03. The molecule has 0 aliphatic carbocycles. The van der Waals surface area contributed by atoms with E-state index in [4.69, 9.17) is 5.73 Å². The fraction of sp³-hybridized carbons (Fsp3) is 0.412. The van der Waals surface area contributed by atoms with Gasteiger partial charge in [0.2, 0.25) is 0 Å². The SMILES string of the molecule is CC(C)(C)/C(O)=C/C(N)=[NH+]C(=O)C(C)(C)S(=O)(=O)c1ccc2nsnc2c1. The Labute approximate surface area is 162 Å². The average molecular weight is 412 g/mol. The molecule has 0 aliphatic heterocycles. The molecule has 0 saturated heterocycles. The van der Waals surface area contributed by atoms with E-state index in [9.17, 15) is 18.3 Å². The van der Waals surface area contributed by atoms with Gasteiger partial charge in [0.25, 0.3) is 5.84 Å². The number of fused-ring (bicyclic) bond motifs is 1. The summed E-state index contributed by atoms with van der Waals surface area (Å²) in [6, 6.07) is 4.33. The maximum atomic E-state index is 13.0. The summed E-state index contributed by atoms with van der Waals surface area (Å²) < 4.78 is 32.3. The molecule has 0 atom stereocenters. The highest BCUT2D eigenvalue weighted by Crippen LogP contribution is 2.27. The molecule has 1 aromatic heterocycles. The number of aromatic nitrogens is 2. The zero-order valence-electron chi connectivity index (χ0n) is 15.8. The molecule has 146 valence electrons. The van der Waals surface area contributed by atoms with E-state index in [1.54, 1.807) is 26.8 Å². The number of amides is 1. The van der Waals surface area contributed by atoms with E-state index in [1.807, 2.05) is 0 Å². The number of aliphatic hydroxyl groups excluding tert-OH is 1. The van der Waals surface area contributed by atoms with Gasteiger partial charge in [-0.3, -0.25) is 5.73 Å². The summed E-state index contributed by atoms with van der Waals surface area (Å²) >= 11 is 0.978. The highest BCUT2D eigenvalue weighted by molar-refractivity contribution is 7.93. The van der Waals surface area contributed by atoms with Crippen LogP contribution in [0.15, 0.2) is 34.9 Å². The maximum Gasteiger partial charge on any atom is 0.328 e. The number of carbonyl (C=O) groups excluding carboxylic acids is 1. The monoisotopic (exact) mass is 411 g/mol. The first-order valence-electron chi connectivity index (χ1n) is 8.09. The molecule has 10 heteroatoms. The summed E-state index contributed by atoms with van der Waals surface area (Å²) in [4.78, 5) is 14.9. The van der Waals surface area contributed by atoms with Crippen molar-refractivity contribution in [2.75, 3.05) is 0 Å². The van der Waals surface area contributed by atoms with Crippen molar-refractivity contribution in [3.8, 4) is 0 Å². The van der Waals surface area contributed by atoms with E-state index in [0.29, 0.717) is 11.0 Å². The van der Waals surface area contributed by atoms with Crippen LogP contribution in [-0.2, 0) is 14.6 Å². The van der Waals surface area contributed by atoms with Gasteiger partial charge in [0.1, 0.15) is 16.8 Å². The second-order valence-electron chi connectivity index (χ2n) is 7.62. The van der Waals surface area contributed by atoms with Crippen LogP contribution in [0.5, 0.6) is 0 Å². The molecule has 2 rings (SSSR count). The molecule has 8 nitrogen and oxygen atoms in total. The van der Waals surface area contributed by atoms with E-state index in [2.05, 4.69) is 13.7 Å². The van der Waals surface area contributed by atoms with Crippen LogP contribution in [0.4, 0.5) is 0 Å². The van der Waals surface area contributed by atoms with Crippen LogP contribution in [-0.4, -0.2) is 38.8 Å². The van der Waals surface area contributed by atoms with Gasteiger partial charge in [0, 0.05) is 5.41 Å². The lowest BCUT2D eigenvalue weighted by molar-refractivity contribution is -0.380. The fourth-order valence-corrected chi connectivity index (χ4v) is 3.94. The smallest absolute Gasteiger partial charge is 0.328 e. The number of sulfone groups is 1. The summed E-state index contributed by atoms with van der Waals surface area (Å²) in [5.74, 6) is -0.994. The van der Waals surface area contributed by atoms with Crippen LogP contribution in [0, 0.1) is 5.41 Å². The molecule has 0 saturated carbocycles. The summed E-state index contributed by atoms with van der Waals surface area (Å²) in [7, 11) is -4.04. The number of hydrogen-bond donors (Lipinski definition) is 3. The number of nitrogens with two attached hydrogens (primary N) is 1. The standard InChI is InChI=1S/C17H22N4O4S2/c1-16(2,3)13(22)9-14(18)19-15(23)17(4,5)27(24,25)10-6-7-11-12(8-10)21-26-20-11/h6-9,22H,1-5H3,(H2,18,19,23)/p+1/b13-9-. The second-order valence-corrected chi connectivity index (χ2v) is 10.6. The fourth-order valence-electron chi connectivity index (χ4n) is 2.03. The lowest BCUT2D eigenvalue weighted by Crippen LogP contribution is -2.84. The molecule has 0 bridgehead atoms. The minimum absolute atomic E-state index is 0.0329. The molecule has 0 unspecified atom stereocenters. The molecular formula is C17H23N4O4S2+. The average Bonchev–Trinajstić information content (AvgIpc) is 3.00. The molecule has 4 N–H and O–H groups in total. The predicted molar refractivity (Wildman–Crippen MR) is 104 cm³/mol. The van der Waals surface area contributed by atoms with E-state index >= 15 is 0 Å². The summed E-state index contributed by atoms with van der Waals surface area (Å²) in [6.07, 6.45) is 1.20. The van der Waals surface area contributed by atoms with Crippen molar-refractivity contribution in [3.05, 3.63) is 30.0 Å². The molecule has 1 amide bonds. The number of carbonyl (C=O) groups is 1. The Bertz CT molecular complexity index is 1040. The van der Waals surface area contributed by atoms with E-state index in [1.165, 1.54) is 32.1 Å². The minimum atomic E-state index is -4.04. The van der Waals surface area contributed by atoms with Crippen molar-refractivity contribution < 1.29 is 23.3 Å². The number of amidine groups is 1. The summed E-state index contributed by atoms with van der Waals surface area (Å²) in [5.41, 5.74) is 6.22. The lowest BCUT2D eigenvalue weighted by Gasteiger charge is -2.20. The number of hydrogen-bond acceptors (Lipinski definition) is 7. The lowest BCUT2D eigenvalue weighted by atomic mass is 9.93. The van der Waals surface area contributed by atoms with Crippen LogP contribution in [0.3, 0.4) is 0 Å². The first kappa shape index (κ1) is 21.0. The summed E-state index contributed by atoms with van der Waals surface area (Å²) in [6.45, 7) is 7.90. The van der Waals surface area contributed by atoms with Gasteiger partial charge in [-0.1, -0.05) is 20.8 Å². The first-order chi connectivity index (χ1) is 12.3. The first-order valence-corrected chi connectivity index (χ1v) is 10.3. The molecular weight excluding hydrogens is 388 g/mol. The molecule has 0 aliphatic rings. The molecule has 27 heavy (non-hydrogen) atoms. The molecule has 0 radical (unpaired) electrons. The van der Waals surface area contributed by atoms with Crippen molar-refractivity contribution in [2.45, 2.75) is 44.3 Å². The Balaban J connectivity index is 2.40. The molecule has 0 fully saturated rings. The third kappa shape index (κ3) is 4.16. The van der Waals surface area contributed by atoms with Crippen molar-refractivity contribution in [1.82, 2.24) is 8.75 Å². The van der Waals surface area contributed by atoms with Crippen molar-refractivity contribution in [2.24, 2.45) is 11.1 Å². The molecule has 0 spiro atoms. The highest BCUT2D eigenvalue weighted by atomic mass is 32.2. The van der Waals surface area contributed by atoms with Crippen LogP contribution in [0.2, 0.25) is 0 Å². The number of benzene rings is 1. The number of rotatable bonds is 4. The third-order valence-electron chi connectivity index (χ3n) is 4.07. The van der Waals surface area contributed by atoms with Crippen molar-refractivity contribution >= 4 is 44.3 Å². The molecule has 1 aromatic carbocycles. The second kappa shape index (κ2) is 7.01. The van der Waals surface area contributed by atoms with Gasteiger partial charge >= 0.3 is 5.91 Å². The zero-order chi connectivity index (χ0) is 20.6. The number of nitrogens with one attached hydrogen (secondary N) is 1. The number of nitrogens with zero attached hydrogens (tertiary/aromatic N) is 2. The number of allylic oxidation sites excluding steroid dienone is 1. The summed E-state index contributed by atoms with van der Waals surface area (Å²) in [5, 5.41) is 9.97. The normalized spacial score (nSPS) is 14.6. The van der Waals surface area contributed by atoms with Gasteiger partial charge < -0.3 is 5.11 Å². The highest BCUT2D eigenvalue weighted by Gasteiger charge is 2.45. The largest absolute Gasteiger partial charge is 0.511 e. The number of aliphatic hydroxyl groups is 1.